The maximum atomic E-state index is 6.01. The lowest BCUT2D eigenvalue weighted by Crippen LogP contribution is -2.18. The van der Waals surface area contributed by atoms with E-state index in [-0.39, 0.29) is 6.10 Å². The second-order valence-electron chi connectivity index (χ2n) is 4.62. The normalized spacial score (nSPS) is 11.9. The third-order valence-electron chi connectivity index (χ3n) is 3.26. The van der Waals surface area contributed by atoms with Crippen molar-refractivity contribution in [2.45, 2.75) is 19.4 Å². The highest BCUT2D eigenvalue weighted by atomic mass is 16.5. The zero-order valence-corrected chi connectivity index (χ0v) is 12.0. The van der Waals surface area contributed by atoms with Crippen LogP contribution in [0.15, 0.2) is 48.5 Å². The predicted octanol–water partition coefficient (Wildman–Crippen LogP) is 3.34. The molecule has 0 spiro atoms. The van der Waals surface area contributed by atoms with Gasteiger partial charge in [0, 0.05) is 6.54 Å². The highest BCUT2D eigenvalue weighted by Gasteiger charge is 2.12. The Balaban J connectivity index is 2.19. The molecule has 0 bridgehead atoms. The molecular formula is C17H21NO2. The lowest BCUT2D eigenvalue weighted by Gasteiger charge is -2.19. The first-order valence-electron chi connectivity index (χ1n) is 6.86. The van der Waals surface area contributed by atoms with Crippen molar-refractivity contribution in [3.63, 3.8) is 0 Å². The van der Waals surface area contributed by atoms with E-state index in [4.69, 9.17) is 15.2 Å². The summed E-state index contributed by atoms with van der Waals surface area (Å²) < 4.78 is 11.3. The second kappa shape index (κ2) is 6.96. The zero-order valence-electron chi connectivity index (χ0n) is 12.0. The van der Waals surface area contributed by atoms with Crippen molar-refractivity contribution in [3.05, 3.63) is 59.7 Å². The molecule has 3 heteroatoms. The number of ether oxygens (including phenoxy) is 2. The number of hydrogen-bond donors (Lipinski definition) is 1. The van der Waals surface area contributed by atoms with Gasteiger partial charge in [0.15, 0.2) is 0 Å². The minimum atomic E-state index is -0.169. The lowest BCUT2D eigenvalue weighted by atomic mass is 10.1. The van der Waals surface area contributed by atoms with E-state index in [1.807, 2.05) is 36.4 Å². The van der Waals surface area contributed by atoms with Crippen LogP contribution in [0.5, 0.6) is 11.5 Å². The quantitative estimate of drug-likeness (QED) is 0.876. The van der Waals surface area contributed by atoms with Crippen LogP contribution in [-0.2, 0) is 6.42 Å². The smallest absolute Gasteiger partial charge is 0.136 e. The molecule has 0 aliphatic rings. The number of hydrogen-bond acceptors (Lipinski definition) is 3. The van der Waals surface area contributed by atoms with E-state index in [1.165, 1.54) is 5.56 Å². The molecule has 0 aromatic heterocycles. The number of aryl methyl sites for hydroxylation is 1. The van der Waals surface area contributed by atoms with Crippen molar-refractivity contribution in [2.75, 3.05) is 13.7 Å². The van der Waals surface area contributed by atoms with Crippen LogP contribution in [0.4, 0.5) is 0 Å². The summed E-state index contributed by atoms with van der Waals surface area (Å²) in [5.41, 5.74) is 8.12. The van der Waals surface area contributed by atoms with E-state index in [9.17, 15) is 0 Å². The lowest BCUT2D eigenvalue weighted by molar-refractivity contribution is 0.213. The van der Waals surface area contributed by atoms with E-state index >= 15 is 0 Å². The van der Waals surface area contributed by atoms with Gasteiger partial charge >= 0.3 is 0 Å². The summed E-state index contributed by atoms with van der Waals surface area (Å²) in [6.07, 6.45) is 0.820. The fourth-order valence-electron chi connectivity index (χ4n) is 2.10. The molecule has 2 aromatic carbocycles. The minimum absolute atomic E-state index is 0.169. The fourth-order valence-corrected chi connectivity index (χ4v) is 2.10. The van der Waals surface area contributed by atoms with E-state index in [1.54, 1.807) is 7.11 Å². The van der Waals surface area contributed by atoms with E-state index in [2.05, 4.69) is 19.1 Å². The Kier molecular flexibility index (Phi) is 5.02. The van der Waals surface area contributed by atoms with Gasteiger partial charge in [0.25, 0.3) is 0 Å². The molecule has 0 aliphatic heterocycles. The predicted molar refractivity (Wildman–Crippen MR) is 81.2 cm³/mol. The highest BCUT2D eigenvalue weighted by molar-refractivity contribution is 5.33. The van der Waals surface area contributed by atoms with Crippen LogP contribution in [-0.4, -0.2) is 13.7 Å². The molecule has 2 aromatic rings. The van der Waals surface area contributed by atoms with E-state index in [0.717, 1.165) is 23.5 Å². The fraction of sp³-hybridized carbons (Fsp3) is 0.294. The summed E-state index contributed by atoms with van der Waals surface area (Å²) in [5, 5.41) is 0. The molecule has 0 amide bonds. The Morgan fingerprint density at radius 3 is 2.50 bits per heavy atom. The summed E-state index contributed by atoms with van der Waals surface area (Å²) in [6.45, 7) is 2.55. The highest BCUT2D eigenvalue weighted by Crippen LogP contribution is 2.24. The monoisotopic (exact) mass is 271 g/mol. The second-order valence-corrected chi connectivity index (χ2v) is 4.62. The van der Waals surface area contributed by atoms with Crippen LogP contribution in [0, 0.1) is 0 Å². The molecule has 1 atom stereocenters. The summed E-state index contributed by atoms with van der Waals surface area (Å²) in [5.74, 6) is 1.66. The van der Waals surface area contributed by atoms with Crippen molar-refractivity contribution in [3.8, 4) is 11.5 Å². The van der Waals surface area contributed by atoms with Crippen LogP contribution >= 0.6 is 0 Å². The Hall–Kier alpha value is -2.00. The van der Waals surface area contributed by atoms with Crippen LogP contribution in [0.25, 0.3) is 0 Å². The maximum Gasteiger partial charge on any atom is 0.136 e. The van der Waals surface area contributed by atoms with Crippen LogP contribution in [0.3, 0.4) is 0 Å². The van der Waals surface area contributed by atoms with Crippen LogP contribution in [0.1, 0.15) is 24.2 Å². The first kappa shape index (κ1) is 14.4. The molecule has 0 fully saturated rings. The molecule has 106 valence electrons. The molecule has 0 aliphatic carbocycles. The molecule has 20 heavy (non-hydrogen) atoms. The van der Waals surface area contributed by atoms with Gasteiger partial charge in [-0.25, -0.2) is 0 Å². The average molecular weight is 271 g/mol. The zero-order chi connectivity index (χ0) is 14.4. The summed E-state index contributed by atoms with van der Waals surface area (Å²) >= 11 is 0. The van der Waals surface area contributed by atoms with Gasteiger partial charge in [0.1, 0.15) is 17.6 Å². The Morgan fingerprint density at radius 1 is 1.05 bits per heavy atom. The Bertz CT molecular complexity index is 554. The first-order valence-corrected chi connectivity index (χ1v) is 6.86. The number of nitrogens with two attached hydrogens (primary N) is 1. The van der Waals surface area contributed by atoms with Gasteiger partial charge in [0.05, 0.1) is 7.11 Å². The maximum absolute atomic E-state index is 6.01. The molecule has 2 N–H and O–H groups in total. The van der Waals surface area contributed by atoms with Gasteiger partial charge < -0.3 is 15.2 Å². The molecule has 0 saturated carbocycles. The van der Waals surface area contributed by atoms with Gasteiger partial charge in [-0.1, -0.05) is 31.2 Å². The molecule has 0 saturated heterocycles. The van der Waals surface area contributed by atoms with Crippen molar-refractivity contribution in [1.82, 2.24) is 0 Å². The summed E-state index contributed by atoms with van der Waals surface area (Å²) in [6, 6.07) is 15.9. The number of rotatable bonds is 6. The van der Waals surface area contributed by atoms with Crippen molar-refractivity contribution < 1.29 is 9.47 Å². The number of benzene rings is 2. The van der Waals surface area contributed by atoms with Gasteiger partial charge in [-0.3, -0.25) is 0 Å². The Morgan fingerprint density at radius 2 is 1.80 bits per heavy atom. The third-order valence-corrected chi connectivity index (χ3v) is 3.26. The van der Waals surface area contributed by atoms with Crippen LogP contribution in [0.2, 0.25) is 0 Å². The van der Waals surface area contributed by atoms with Crippen LogP contribution < -0.4 is 15.2 Å². The Labute approximate surface area is 120 Å². The largest absolute Gasteiger partial charge is 0.497 e. The molecule has 1 unspecified atom stereocenters. The molecule has 0 heterocycles. The topological polar surface area (TPSA) is 44.5 Å². The standard InChI is InChI=1S/C17H21NO2/c1-3-13-6-4-9-16(10-13)20-17(12-18)14-7-5-8-15(11-14)19-2/h4-11,17H,3,12,18H2,1-2H3. The minimum Gasteiger partial charge on any atom is -0.497 e. The molecule has 3 nitrogen and oxygen atoms in total. The summed E-state index contributed by atoms with van der Waals surface area (Å²) in [4.78, 5) is 0. The van der Waals surface area contributed by atoms with Gasteiger partial charge in [0.2, 0.25) is 0 Å². The average Bonchev–Trinajstić information content (AvgIpc) is 2.52. The van der Waals surface area contributed by atoms with Crippen molar-refractivity contribution >= 4 is 0 Å². The van der Waals surface area contributed by atoms with Gasteiger partial charge in [-0.15, -0.1) is 0 Å². The molecule has 0 radical (unpaired) electrons. The van der Waals surface area contributed by atoms with Gasteiger partial charge in [-0.2, -0.15) is 0 Å². The van der Waals surface area contributed by atoms with Gasteiger partial charge in [-0.05, 0) is 41.8 Å². The molecule has 2 rings (SSSR count). The third kappa shape index (κ3) is 3.52. The van der Waals surface area contributed by atoms with Crippen molar-refractivity contribution in [2.24, 2.45) is 5.73 Å². The van der Waals surface area contributed by atoms with E-state index < -0.39 is 0 Å². The summed E-state index contributed by atoms with van der Waals surface area (Å²) in [7, 11) is 1.65. The van der Waals surface area contributed by atoms with E-state index in [0.29, 0.717) is 6.54 Å². The SMILES string of the molecule is CCc1cccc(OC(CN)c2cccc(OC)c2)c1. The first-order chi connectivity index (χ1) is 9.76. The van der Waals surface area contributed by atoms with Crippen molar-refractivity contribution in [1.29, 1.82) is 0 Å². The molecular weight excluding hydrogens is 250 g/mol. The number of methoxy groups -OCH3 is 1.